The monoisotopic (exact) mass is 272 g/mol. The van der Waals surface area contributed by atoms with Gasteiger partial charge < -0.3 is 4.74 Å². The van der Waals surface area contributed by atoms with Crippen LogP contribution >= 0.6 is 0 Å². The molecular formula is C16H20N2O2. The molecule has 4 nitrogen and oxygen atoms in total. The van der Waals surface area contributed by atoms with Gasteiger partial charge >= 0.3 is 5.97 Å². The molecule has 106 valence electrons. The van der Waals surface area contributed by atoms with Gasteiger partial charge in [0.25, 0.3) is 0 Å². The summed E-state index contributed by atoms with van der Waals surface area (Å²) in [7, 11) is 0. The minimum atomic E-state index is -0.256. The molecule has 0 saturated heterocycles. The number of rotatable bonds is 7. The van der Waals surface area contributed by atoms with E-state index in [1.54, 1.807) is 6.20 Å². The van der Waals surface area contributed by atoms with Crippen LogP contribution in [0.15, 0.2) is 42.7 Å². The topological polar surface area (TPSA) is 44.1 Å². The van der Waals surface area contributed by atoms with Crippen LogP contribution in [0.2, 0.25) is 0 Å². The quantitative estimate of drug-likeness (QED) is 0.574. The van der Waals surface area contributed by atoms with E-state index < -0.39 is 0 Å². The number of benzene rings is 1. The highest BCUT2D eigenvalue weighted by Crippen LogP contribution is 2.08. The van der Waals surface area contributed by atoms with Crippen molar-refractivity contribution in [3.05, 3.63) is 53.9 Å². The van der Waals surface area contributed by atoms with Crippen molar-refractivity contribution < 1.29 is 9.53 Å². The van der Waals surface area contributed by atoms with Crippen LogP contribution in [-0.2, 0) is 17.7 Å². The van der Waals surface area contributed by atoms with E-state index in [9.17, 15) is 4.79 Å². The van der Waals surface area contributed by atoms with Gasteiger partial charge in [0.05, 0.1) is 12.2 Å². The maximum Gasteiger partial charge on any atom is 0.338 e. The van der Waals surface area contributed by atoms with Crippen LogP contribution in [0.3, 0.4) is 0 Å². The van der Waals surface area contributed by atoms with E-state index in [1.807, 2.05) is 41.2 Å². The molecule has 4 heteroatoms. The number of carbonyl (C=O) groups excluding carboxylic acids is 1. The van der Waals surface area contributed by atoms with Gasteiger partial charge in [-0.1, -0.05) is 25.5 Å². The Morgan fingerprint density at radius 1 is 1.30 bits per heavy atom. The molecule has 0 fully saturated rings. The third-order valence-electron chi connectivity index (χ3n) is 3.05. The number of ether oxygens (including phenoxy) is 1. The Morgan fingerprint density at radius 3 is 2.75 bits per heavy atom. The van der Waals surface area contributed by atoms with Gasteiger partial charge in [0.2, 0.25) is 0 Å². The largest absolute Gasteiger partial charge is 0.462 e. The van der Waals surface area contributed by atoms with Gasteiger partial charge in [0, 0.05) is 25.4 Å². The fraction of sp³-hybridized carbons (Fsp3) is 0.375. The Balaban J connectivity index is 1.73. The van der Waals surface area contributed by atoms with Crippen LogP contribution in [0.1, 0.15) is 35.7 Å². The summed E-state index contributed by atoms with van der Waals surface area (Å²) in [5.41, 5.74) is 1.87. The summed E-state index contributed by atoms with van der Waals surface area (Å²) in [6.45, 7) is 3.31. The SMILES string of the molecule is CCCc1ccc(C(=O)OCCCn2cccn2)cc1. The molecular weight excluding hydrogens is 252 g/mol. The summed E-state index contributed by atoms with van der Waals surface area (Å²) in [5, 5.41) is 4.09. The molecule has 0 atom stereocenters. The van der Waals surface area contributed by atoms with E-state index in [2.05, 4.69) is 12.0 Å². The average molecular weight is 272 g/mol. The maximum atomic E-state index is 11.8. The van der Waals surface area contributed by atoms with Gasteiger partial charge in [0.1, 0.15) is 0 Å². The summed E-state index contributed by atoms with van der Waals surface area (Å²) >= 11 is 0. The Labute approximate surface area is 119 Å². The van der Waals surface area contributed by atoms with Gasteiger partial charge in [-0.3, -0.25) is 4.68 Å². The van der Waals surface area contributed by atoms with Gasteiger partial charge in [-0.25, -0.2) is 4.79 Å². The predicted octanol–water partition coefficient (Wildman–Crippen LogP) is 3.08. The normalized spacial score (nSPS) is 10.4. The minimum absolute atomic E-state index is 0.256. The number of carbonyl (C=O) groups is 1. The van der Waals surface area contributed by atoms with Gasteiger partial charge in [-0.05, 0) is 30.2 Å². The first kappa shape index (κ1) is 14.3. The Kier molecular flexibility index (Phi) is 5.35. The molecule has 0 bridgehead atoms. The van der Waals surface area contributed by atoms with E-state index in [0.717, 1.165) is 25.8 Å². The molecule has 0 amide bonds. The number of aromatic nitrogens is 2. The van der Waals surface area contributed by atoms with Crippen molar-refractivity contribution in [3.8, 4) is 0 Å². The molecule has 0 spiro atoms. The van der Waals surface area contributed by atoms with E-state index in [4.69, 9.17) is 4.74 Å². The molecule has 0 N–H and O–H groups in total. The average Bonchev–Trinajstić information content (AvgIpc) is 2.98. The van der Waals surface area contributed by atoms with Crippen LogP contribution < -0.4 is 0 Å². The fourth-order valence-corrected chi connectivity index (χ4v) is 2.00. The standard InChI is InChI=1S/C16H20N2O2/c1-2-5-14-6-8-15(9-7-14)16(19)20-13-4-12-18-11-3-10-17-18/h3,6-11H,2,4-5,12-13H2,1H3. The fourth-order valence-electron chi connectivity index (χ4n) is 2.00. The van der Waals surface area contributed by atoms with Gasteiger partial charge in [-0.2, -0.15) is 5.10 Å². The maximum absolute atomic E-state index is 11.8. The third-order valence-corrected chi connectivity index (χ3v) is 3.05. The third kappa shape index (κ3) is 4.23. The molecule has 0 saturated carbocycles. The van der Waals surface area contributed by atoms with Crippen molar-refractivity contribution in [2.45, 2.75) is 32.7 Å². The highest BCUT2D eigenvalue weighted by Gasteiger charge is 2.06. The second-order valence-electron chi connectivity index (χ2n) is 4.71. The van der Waals surface area contributed by atoms with E-state index in [-0.39, 0.29) is 5.97 Å². The first-order valence-electron chi connectivity index (χ1n) is 7.03. The van der Waals surface area contributed by atoms with Crippen LogP contribution in [0.5, 0.6) is 0 Å². The lowest BCUT2D eigenvalue weighted by Crippen LogP contribution is -2.09. The lowest BCUT2D eigenvalue weighted by atomic mass is 10.1. The number of hydrogen-bond acceptors (Lipinski definition) is 3. The van der Waals surface area contributed by atoms with Crippen molar-refractivity contribution in [2.75, 3.05) is 6.61 Å². The zero-order chi connectivity index (χ0) is 14.2. The van der Waals surface area contributed by atoms with Crippen LogP contribution in [0.4, 0.5) is 0 Å². The van der Waals surface area contributed by atoms with Gasteiger partial charge in [-0.15, -0.1) is 0 Å². The molecule has 20 heavy (non-hydrogen) atoms. The second-order valence-corrected chi connectivity index (χ2v) is 4.71. The second kappa shape index (κ2) is 7.48. The summed E-state index contributed by atoms with van der Waals surface area (Å²) in [6, 6.07) is 9.53. The predicted molar refractivity (Wildman–Crippen MR) is 77.6 cm³/mol. The lowest BCUT2D eigenvalue weighted by Gasteiger charge is -2.06. The van der Waals surface area contributed by atoms with Crippen molar-refractivity contribution in [1.29, 1.82) is 0 Å². The van der Waals surface area contributed by atoms with E-state index in [0.29, 0.717) is 12.2 Å². The summed E-state index contributed by atoms with van der Waals surface area (Å²) < 4.78 is 7.07. The first-order chi connectivity index (χ1) is 9.79. The molecule has 1 heterocycles. The molecule has 0 radical (unpaired) electrons. The Hall–Kier alpha value is -2.10. The van der Waals surface area contributed by atoms with E-state index >= 15 is 0 Å². The molecule has 0 aliphatic rings. The van der Waals surface area contributed by atoms with Crippen LogP contribution in [0.25, 0.3) is 0 Å². The Bertz CT molecular complexity index is 518. The van der Waals surface area contributed by atoms with Crippen molar-refractivity contribution in [1.82, 2.24) is 9.78 Å². The molecule has 2 rings (SSSR count). The van der Waals surface area contributed by atoms with Crippen LogP contribution in [-0.4, -0.2) is 22.4 Å². The first-order valence-corrected chi connectivity index (χ1v) is 7.03. The Morgan fingerprint density at radius 2 is 2.10 bits per heavy atom. The number of nitrogens with zero attached hydrogens (tertiary/aromatic N) is 2. The lowest BCUT2D eigenvalue weighted by molar-refractivity contribution is 0.0495. The molecule has 0 aliphatic heterocycles. The molecule has 1 aromatic heterocycles. The highest BCUT2D eigenvalue weighted by atomic mass is 16.5. The highest BCUT2D eigenvalue weighted by molar-refractivity contribution is 5.89. The molecule has 2 aromatic rings. The minimum Gasteiger partial charge on any atom is -0.462 e. The van der Waals surface area contributed by atoms with E-state index in [1.165, 1.54) is 5.56 Å². The van der Waals surface area contributed by atoms with Crippen molar-refractivity contribution in [3.63, 3.8) is 0 Å². The number of hydrogen-bond donors (Lipinski definition) is 0. The van der Waals surface area contributed by atoms with Gasteiger partial charge in [0.15, 0.2) is 0 Å². The molecule has 1 aromatic carbocycles. The number of esters is 1. The van der Waals surface area contributed by atoms with Crippen molar-refractivity contribution in [2.24, 2.45) is 0 Å². The zero-order valence-corrected chi connectivity index (χ0v) is 11.8. The number of aryl methyl sites for hydroxylation is 2. The van der Waals surface area contributed by atoms with Crippen LogP contribution in [0, 0.1) is 0 Å². The zero-order valence-electron chi connectivity index (χ0n) is 11.8. The summed E-state index contributed by atoms with van der Waals surface area (Å²) in [4.78, 5) is 11.8. The smallest absolute Gasteiger partial charge is 0.338 e. The van der Waals surface area contributed by atoms with Crippen molar-refractivity contribution >= 4 is 5.97 Å². The summed E-state index contributed by atoms with van der Waals surface area (Å²) in [6.07, 6.45) is 6.55. The molecule has 0 aliphatic carbocycles. The summed E-state index contributed by atoms with van der Waals surface area (Å²) in [5.74, 6) is -0.256. The molecule has 0 unspecified atom stereocenters.